The lowest BCUT2D eigenvalue weighted by Crippen LogP contribution is -2.24. The van der Waals surface area contributed by atoms with Crippen molar-refractivity contribution in [3.63, 3.8) is 0 Å². The number of urea groups is 2. The van der Waals surface area contributed by atoms with Crippen molar-refractivity contribution in [3.05, 3.63) is 139 Å². The second-order valence-corrected chi connectivity index (χ2v) is 12.2. The molecule has 0 radical (unpaired) electrons. The average Bonchev–Trinajstić information content (AvgIpc) is 3.07. The number of anilines is 4. The number of hydrogen-bond donors (Lipinski definition) is 5. The third-order valence-electron chi connectivity index (χ3n) is 6.85. The molecule has 0 aliphatic carbocycles. The van der Waals surface area contributed by atoms with E-state index in [4.69, 9.17) is 4.74 Å². The minimum Gasteiger partial charge on any atom is -0.410 e. The van der Waals surface area contributed by atoms with Crippen LogP contribution in [0.5, 0.6) is 5.75 Å². The molecule has 5 aromatic carbocycles. The Morgan fingerprint density at radius 3 is 1.38 bits per heavy atom. The lowest BCUT2D eigenvalue weighted by molar-refractivity contribution is 0.215. The first-order valence-corrected chi connectivity index (χ1v) is 15.9. The molecule has 0 aliphatic heterocycles. The highest BCUT2D eigenvalue weighted by Crippen LogP contribution is 2.24. The van der Waals surface area contributed by atoms with E-state index < -0.39 is 28.0 Å². The molecule has 5 amide bonds. The van der Waals surface area contributed by atoms with Gasteiger partial charge in [-0.05, 0) is 102 Å². The van der Waals surface area contributed by atoms with E-state index in [1.165, 1.54) is 55.6 Å². The summed E-state index contributed by atoms with van der Waals surface area (Å²) in [6.07, 6.45) is 0.0749. The van der Waals surface area contributed by atoms with Gasteiger partial charge in [-0.2, -0.15) is 0 Å². The zero-order valence-electron chi connectivity index (χ0n) is 25.2. The van der Waals surface area contributed by atoms with Crippen LogP contribution in [0.15, 0.2) is 137 Å². The quantitative estimate of drug-likeness (QED) is 0.115. The second kappa shape index (κ2) is 14.8. The van der Waals surface area contributed by atoms with E-state index in [2.05, 4.69) is 26.6 Å². The number of amides is 5. The molecule has 0 aromatic heterocycles. The van der Waals surface area contributed by atoms with Crippen molar-refractivity contribution in [2.24, 2.45) is 0 Å². The fourth-order valence-electron chi connectivity index (χ4n) is 4.44. The number of benzene rings is 5. The van der Waals surface area contributed by atoms with Crippen LogP contribution in [0, 0.1) is 0 Å². The third-order valence-corrected chi connectivity index (χ3v) is 8.63. The van der Waals surface area contributed by atoms with Gasteiger partial charge >= 0.3 is 18.2 Å². The molecule has 0 bridgehead atoms. The van der Waals surface area contributed by atoms with Gasteiger partial charge in [-0.1, -0.05) is 42.5 Å². The Morgan fingerprint density at radius 1 is 0.532 bits per heavy atom. The highest BCUT2D eigenvalue weighted by molar-refractivity contribution is 7.91. The summed E-state index contributed by atoms with van der Waals surface area (Å²) >= 11 is 0. The summed E-state index contributed by atoms with van der Waals surface area (Å²) in [5.41, 5.74) is 4.11. The topological polar surface area (TPSA) is 155 Å². The zero-order valence-corrected chi connectivity index (χ0v) is 26.0. The van der Waals surface area contributed by atoms with Gasteiger partial charge in [0.2, 0.25) is 9.84 Å². The number of nitrogens with one attached hydrogen (secondary N) is 5. The Bertz CT molecular complexity index is 1950. The molecule has 5 rings (SSSR count). The molecule has 0 saturated carbocycles. The summed E-state index contributed by atoms with van der Waals surface area (Å²) in [4.78, 5) is 36.3. The van der Waals surface area contributed by atoms with E-state index >= 15 is 0 Å². The molecular formula is C35H31N5O6S. The minimum absolute atomic E-state index is 0.0579. The highest BCUT2D eigenvalue weighted by atomic mass is 32.2. The molecule has 0 unspecified atom stereocenters. The Morgan fingerprint density at radius 2 is 0.936 bits per heavy atom. The highest BCUT2D eigenvalue weighted by Gasteiger charge is 2.18. The number of para-hydroxylation sites is 1. The Balaban J connectivity index is 1.10. The van der Waals surface area contributed by atoms with Gasteiger partial charge in [0, 0.05) is 29.8 Å². The van der Waals surface area contributed by atoms with Crippen LogP contribution in [0.3, 0.4) is 0 Å². The van der Waals surface area contributed by atoms with Crippen molar-refractivity contribution in [2.75, 3.05) is 28.3 Å². The molecule has 11 nitrogen and oxygen atoms in total. The Labute approximate surface area is 271 Å². The Kier molecular flexibility index (Phi) is 10.1. The summed E-state index contributed by atoms with van der Waals surface area (Å²) in [5.74, 6) is 0.457. The first-order chi connectivity index (χ1) is 22.7. The van der Waals surface area contributed by atoms with Crippen LogP contribution in [-0.2, 0) is 16.3 Å². The van der Waals surface area contributed by atoms with Crippen LogP contribution in [0.1, 0.15) is 11.1 Å². The lowest BCUT2D eigenvalue weighted by atomic mass is 10.0. The van der Waals surface area contributed by atoms with E-state index in [1.54, 1.807) is 48.5 Å². The molecule has 0 fully saturated rings. The molecule has 0 atom stereocenters. The third kappa shape index (κ3) is 8.96. The van der Waals surface area contributed by atoms with Crippen molar-refractivity contribution in [3.8, 4) is 5.75 Å². The molecule has 47 heavy (non-hydrogen) atoms. The lowest BCUT2D eigenvalue weighted by Gasteiger charge is -2.10. The van der Waals surface area contributed by atoms with E-state index in [-0.39, 0.29) is 9.79 Å². The van der Waals surface area contributed by atoms with Crippen LogP contribution >= 0.6 is 0 Å². The molecular weight excluding hydrogens is 618 g/mol. The monoisotopic (exact) mass is 649 g/mol. The first-order valence-electron chi connectivity index (χ1n) is 14.4. The van der Waals surface area contributed by atoms with Crippen molar-refractivity contribution >= 4 is 50.7 Å². The van der Waals surface area contributed by atoms with Crippen molar-refractivity contribution in [1.82, 2.24) is 5.32 Å². The average molecular weight is 650 g/mol. The summed E-state index contributed by atoms with van der Waals surface area (Å²) in [6, 6.07) is 34.4. The second-order valence-electron chi connectivity index (χ2n) is 10.2. The molecule has 0 aliphatic rings. The molecule has 5 N–H and O–H groups in total. The van der Waals surface area contributed by atoms with Gasteiger partial charge in [0.15, 0.2) is 0 Å². The van der Waals surface area contributed by atoms with Crippen LogP contribution in [-0.4, -0.2) is 33.6 Å². The van der Waals surface area contributed by atoms with Gasteiger partial charge in [0.25, 0.3) is 0 Å². The molecule has 5 aromatic rings. The first kappa shape index (κ1) is 32.3. The fourth-order valence-corrected chi connectivity index (χ4v) is 5.71. The van der Waals surface area contributed by atoms with Crippen LogP contribution in [0.25, 0.3) is 0 Å². The van der Waals surface area contributed by atoms with E-state index in [9.17, 15) is 22.8 Å². The molecule has 238 valence electrons. The SMILES string of the molecule is CNC(=O)Nc1ccc(S(=O)(=O)c2ccc(NC(=O)Nc3ccc(Cc4ccc(NC(=O)Oc5ccccc5)cc4)cc3)cc2)cc1. The van der Waals surface area contributed by atoms with Gasteiger partial charge in [-0.15, -0.1) is 0 Å². The van der Waals surface area contributed by atoms with Gasteiger partial charge in [0.1, 0.15) is 5.75 Å². The minimum atomic E-state index is -3.81. The zero-order chi connectivity index (χ0) is 33.2. The van der Waals surface area contributed by atoms with E-state index in [0.29, 0.717) is 34.9 Å². The standard InChI is InChI=1S/C35H31N5O6S/c1-36-33(41)37-27-15-19-31(20-16-27)47(44,45)32-21-17-28(18-22-32)39-34(42)38-26-11-7-24(8-12-26)23-25-9-13-29(14-10-25)40-35(43)46-30-5-3-2-4-6-30/h2-22H,23H2,1H3,(H,40,43)(H2,36,37,41)(H2,38,39,42). The maximum absolute atomic E-state index is 13.0. The van der Waals surface area contributed by atoms with Gasteiger partial charge < -0.3 is 26.0 Å². The maximum Gasteiger partial charge on any atom is 0.417 e. The summed E-state index contributed by atoms with van der Waals surface area (Å²) in [7, 11) is -2.33. The summed E-state index contributed by atoms with van der Waals surface area (Å²) in [6.45, 7) is 0. The van der Waals surface area contributed by atoms with Crippen LogP contribution in [0.2, 0.25) is 0 Å². The molecule has 0 heterocycles. The number of carbonyl (C=O) groups excluding carboxylic acids is 3. The number of carbonyl (C=O) groups is 3. The van der Waals surface area contributed by atoms with Gasteiger partial charge in [-0.3, -0.25) is 5.32 Å². The van der Waals surface area contributed by atoms with Crippen molar-refractivity contribution in [2.45, 2.75) is 16.2 Å². The number of ether oxygens (including phenoxy) is 1. The fraction of sp³-hybridized carbons (Fsp3) is 0.0571. The smallest absolute Gasteiger partial charge is 0.410 e. The van der Waals surface area contributed by atoms with Gasteiger partial charge in [-0.25, -0.2) is 22.8 Å². The summed E-state index contributed by atoms with van der Waals surface area (Å²) < 4.78 is 31.3. The van der Waals surface area contributed by atoms with Crippen LogP contribution in [0.4, 0.5) is 37.1 Å². The number of sulfone groups is 1. The van der Waals surface area contributed by atoms with Crippen molar-refractivity contribution < 1.29 is 27.5 Å². The van der Waals surface area contributed by atoms with E-state index in [1.807, 2.05) is 30.3 Å². The number of hydrogen-bond acceptors (Lipinski definition) is 6. The predicted octanol–water partition coefficient (Wildman–Crippen LogP) is 7.12. The number of rotatable bonds is 9. The summed E-state index contributed by atoms with van der Waals surface area (Å²) in [5, 5.41) is 13.2. The molecule has 12 heteroatoms. The van der Waals surface area contributed by atoms with Crippen molar-refractivity contribution in [1.29, 1.82) is 0 Å². The molecule has 0 spiro atoms. The largest absolute Gasteiger partial charge is 0.417 e. The van der Waals surface area contributed by atoms with Gasteiger partial charge in [0.05, 0.1) is 9.79 Å². The van der Waals surface area contributed by atoms with E-state index in [0.717, 1.165) is 11.1 Å². The predicted molar refractivity (Wildman–Crippen MR) is 181 cm³/mol. The Hall–Kier alpha value is -6.14. The normalized spacial score (nSPS) is 10.7. The maximum atomic E-state index is 13.0. The molecule has 0 saturated heterocycles. The van der Waals surface area contributed by atoms with Crippen LogP contribution < -0.4 is 31.3 Å².